The van der Waals surface area contributed by atoms with E-state index in [0.29, 0.717) is 47.9 Å². The number of anilines is 1. The molecular weight excluding hydrogens is 422 g/mol. The van der Waals surface area contributed by atoms with E-state index in [-0.39, 0.29) is 23.8 Å². The van der Waals surface area contributed by atoms with Gasteiger partial charge in [0.05, 0.1) is 32.9 Å². The molecule has 0 spiro atoms. The Bertz CT molecular complexity index is 837. The highest BCUT2D eigenvalue weighted by Crippen LogP contribution is 2.42. The number of amides is 2. The first kappa shape index (κ1) is 25.1. The Balaban J connectivity index is 1.66. The van der Waals surface area contributed by atoms with Gasteiger partial charge in [0.2, 0.25) is 17.6 Å². The van der Waals surface area contributed by atoms with Gasteiger partial charge in [-0.1, -0.05) is 13.8 Å². The minimum absolute atomic E-state index is 0.0792. The fourth-order valence-electron chi connectivity index (χ4n) is 5.07. The van der Waals surface area contributed by atoms with Crippen molar-refractivity contribution in [1.82, 2.24) is 10.2 Å². The second-order valence-electron chi connectivity index (χ2n) is 10.2. The second kappa shape index (κ2) is 10.2. The van der Waals surface area contributed by atoms with Gasteiger partial charge in [0.1, 0.15) is 0 Å². The predicted octanol–water partition coefficient (Wildman–Crippen LogP) is 2.94. The summed E-state index contributed by atoms with van der Waals surface area (Å²) in [5.41, 5.74) is 0.485. The molecule has 184 valence electrons. The van der Waals surface area contributed by atoms with E-state index < -0.39 is 5.92 Å². The summed E-state index contributed by atoms with van der Waals surface area (Å²) in [4.78, 5) is 29.9. The van der Waals surface area contributed by atoms with Crippen LogP contribution in [0.25, 0.3) is 0 Å². The number of likely N-dealkylation sites (tertiary alicyclic amines) is 1. The summed E-state index contributed by atoms with van der Waals surface area (Å²) < 4.78 is 16.2. The lowest BCUT2D eigenvalue weighted by Gasteiger charge is -2.45. The summed E-state index contributed by atoms with van der Waals surface area (Å²) in [6.07, 6.45) is 1.43. The van der Waals surface area contributed by atoms with E-state index in [4.69, 9.17) is 14.2 Å². The number of piperidine rings is 1. The molecule has 2 saturated heterocycles. The fourth-order valence-corrected chi connectivity index (χ4v) is 5.07. The SMILES string of the molecule is COc1cc(N2CC(C(=O)NCC(C)(C)N3CC(C)CC(C)C3)CC2=O)cc(OC)c1OC. The van der Waals surface area contributed by atoms with Crippen molar-refractivity contribution in [2.24, 2.45) is 17.8 Å². The van der Waals surface area contributed by atoms with Crippen LogP contribution in [-0.4, -0.2) is 69.8 Å². The maximum absolute atomic E-state index is 13.0. The number of hydrogen-bond acceptors (Lipinski definition) is 6. The normalized spacial score (nSPS) is 24.0. The average molecular weight is 462 g/mol. The highest BCUT2D eigenvalue weighted by molar-refractivity contribution is 6.00. The van der Waals surface area contributed by atoms with Crippen LogP contribution in [0.3, 0.4) is 0 Å². The number of rotatable bonds is 8. The molecule has 2 aliphatic heterocycles. The van der Waals surface area contributed by atoms with E-state index in [2.05, 4.69) is 37.9 Å². The number of nitrogens with zero attached hydrogens (tertiary/aromatic N) is 2. The lowest BCUT2D eigenvalue weighted by Crippen LogP contribution is -2.56. The Morgan fingerprint density at radius 1 is 1.03 bits per heavy atom. The van der Waals surface area contributed by atoms with Crippen molar-refractivity contribution in [3.8, 4) is 17.2 Å². The molecule has 3 atom stereocenters. The Labute approximate surface area is 197 Å². The molecule has 1 aromatic rings. The molecule has 0 aromatic heterocycles. The van der Waals surface area contributed by atoms with Gasteiger partial charge in [0.15, 0.2) is 11.5 Å². The first-order valence-electron chi connectivity index (χ1n) is 11.7. The molecule has 2 aliphatic rings. The van der Waals surface area contributed by atoms with Gasteiger partial charge in [-0.3, -0.25) is 14.5 Å². The van der Waals surface area contributed by atoms with Crippen molar-refractivity contribution in [3.05, 3.63) is 12.1 Å². The quantitative estimate of drug-likeness (QED) is 0.641. The highest BCUT2D eigenvalue weighted by Gasteiger charge is 2.38. The molecule has 0 saturated carbocycles. The number of carbonyl (C=O) groups is 2. The predicted molar refractivity (Wildman–Crippen MR) is 128 cm³/mol. The number of carbonyl (C=O) groups excluding carboxylic acids is 2. The third-order valence-electron chi connectivity index (χ3n) is 6.88. The van der Waals surface area contributed by atoms with Gasteiger partial charge in [0.25, 0.3) is 0 Å². The van der Waals surface area contributed by atoms with Gasteiger partial charge in [-0.2, -0.15) is 0 Å². The van der Waals surface area contributed by atoms with E-state index in [0.717, 1.165) is 13.1 Å². The highest BCUT2D eigenvalue weighted by atomic mass is 16.5. The maximum atomic E-state index is 13.0. The molecular formula is C25H39N3O5. The van der Waals surface area contributed by atoms with Gasteiger partial charge in [-0.25, -0.2) is 0 Å². The third kappa shape index (κ3) is 5.54. The molecule has 1 aromatic carbocycles. The first-order chi connectivity index (χ1) is 15.6. The van der Waals surface area contributed by atoms with Crippen molar-refractivity contribution in [2.45, 2.75) is 46.1 Å². The Kier molecular flexibility index (Phi) is 7.77. The van der Waals surface area contributed by atoms with Gasteiger partial charge in [0, 0.05) is 50.3 Å². The van der Waals surface area contributed by atoms with Crippen molar-refractivity contribution in [2.75, 3.05) is 52.4 Å². The monoisotopic (exact) mass is 461 g/mol. The van der Waals surface area contributed by atoms with Crippen LogP contribution in [0.5, 0.6) is 17.2 Å². The zero-order chi connectivity index (χ0) is 24.3. The number of nitrogens with one attached hydrogen (secondary N) is 1. The molecule has 8 heteroatoms. The van der Waals surface area contributed by atoms with Crippen LogP contribution in [-0.2, 0) is 9.59 Å². The van der Waals surface area contributed by atoms with Gasteiger partial charge in [-0.15, -0.1) is 0 Å². The van der Waals surface area contributed by atoms with Crippen molar-refractivity contribution >= 4 is 17.5 Å². The molecule has 2 fully saturated rings. The molecule has 1 N–H and O–H groups in total. The first-order valence-corrected chi connectivity index (χ1v) is 11.7. The van der Waals surface area contributed by atoms with Crippen LogP contribution in [0, 0.1) is 17.8 Å². The van der Waals surface area contributed by atoms with E-state index in [1.807, 2.05) is 0 Å². The topological polar surface area (TPSA) is 80.3 Å². The van der Waals surface area contributed by atoms with E-state index in [1.165, 1.54) is 27.8 Å². The third-order valence-corrected chi connectivity index (χ3v) is 6.88. The molecule has 0 aliphatic carbocycles. The standard InChI is InChI=1S/C25H39N3O5/c1-16-8-17(2)13-27(12-16)25(3,4)15-26-24(30)18-9-22(29)28(14-18)19-10-20(31-5)23(33-7)21(11-19)32-6/h10-11,16-18H,8-9,12-15H2,1-7H3,(H,26,30). The van der Waals surface area contributed by atoms with E-state index in [1.54, 1.807) is 17.0 Å². The Hall–Kier alpha value is -2.48. The summed E-state index contributed by atoms with van der Waals surface area (Å²) in [6, 6.07) is 3.47. The van der Waals surface area contributed by atoms with Crippen molar-refractivity contribution in [3.63, 3.8) is 0 Å². The number of methoxy groups -OCH3 is 3. The number of hydrogen-bond donors (Lipinski definition) is 1. The molecule has 0 radical (unpaired) electrons. The summed E-state index contributed by atoms with van der Waals surface area (Å²) in [6.45, 7) is 11.9. The molecule has 3 unspecified atom stereocenters. The minimum Gasteiger partial charge on any atom is -0.493 e. The number of ether oxygens (including phenoxy) is 3. The minimum atomic E-state index is -0.397. The van der Waals surface area contributed by atoms with Crippen molar-refractivity contribution in [1.29, 1.82) is 0 Å². The number of benzene rings is 1. The van der Waals surface area contributed by atoms with Crippen LogP contribution >= 0.6 is 0 Å². The summed E-state index contributed by atoms with van der Waals surface area (Å²) in [7, 11) is 4.61. The Morgan fingerprint density at radius 3 is 2.12 bits per heavy atom. The molecule has 2 heterocycles. The van der Waals surface area contributed by atoms with Crippen LogP contribution in [0.2, 0.25) is 0 Å². The molecule has 2 amide bonds. The van der Waals surface area contributed by atoms with E-state index in [9.17, 15) is 9.59 Å². The zero-order valence-corrected chi connectivity index (χ0v) is 21.1. The van der Waals surface area contributed by atoms with Crippen molar-refractivity contribution < 1.29 is 23.8 Å². The summed E-state index contributed by atoms with van der Waals surface area (Å²) >= 11 is 0. The van der Waals surface area contributed by atoms with Crippen LogP contribution in [0.4, 0.5) is 5.69 Å². The average Bonchev–Trinajstić information content (AvgIpc) is 3.17. The zero-order valence-electron chi connectivity index (χ0n) is 21.1. The molecule has 33 heavy (non-hydrogen) atoms. The Morgan fingerprint density at radius 2 is 1.61 bits per heavy atom. The smallest absolute Gasteiger partial charge is 0.227 e. The summed E-state index contributed by atoms with van der Waals surface area (Å²) in [5, 5.41) is 3.12. The van der Waals surface area contributed by atoms with Crippen LogP contribution in [0.1, 0.15) is 40.5 Å². The largest absolute Gasteiger partial charge is 0.493 e. The van der Waals surface area contributed by atoms with Gasteiger partial charge >= 0.3 is 0 Å². The van der Waals surface area contributed by atoms with E-state index >= 15 is 0 Å². The second-order valence-corrected chi connectivity index (χ2v) is 10.2. The molecule has 3 rings (SSSR count). The molecule has 0 bridgehead atoms. The fraction of sp³-hybridized carbons (Fsp3) is 0.680. The van der Waals surface area contributed by atoms with Gasteiger partial charge < -0.3 is 24.4 Å². The lowest BCUT2D eigenvalue weighted by molar-refractivity contribution is -0.126. The maximum Gasteiger partial charge on any atom is 0.227 e. The van der Waals surface area contributed by atoms with Crippen LogP contribution < -0.4 is 24.4 Å². The van der Waals surface area contributed by atoms with Gasteiger partial charge in [-0.05, 0) is 32.1 Å². The van der Waals surface area contributed by atoms with Crippen LogP contribution in [0.15, 0.2) is 12.1 Å². The lowest BCUT2D eigenvalue weighted by atomic mass is 9.88. The molecule has 8 nitrogen and oxygen atoms in total. The summed E-state index contributed by atoms with van der Waals surface area (Å²) in [5.74, 6) is 2.15.